The molecule has 2 amide bonds. The molecule has 2 N–H and O–H groups in total. The lowest BCUT2D eigenvalue weighted by Gasteiger charge is -2.10. The fraction of sp³-hybridized carbons (Fsp3) is 0.267. The van der Waals surface area contributed by atoms with Crippen molar-refractivity contribution in [1.29, 1.82) is 0 Å². The highest BCUT2D eigenvalue weighted by molar-refractivity contribution is 5.89. The van der Waals surface area contributed by atoms with Crippen LogP contribution in [-0.2, 0) is 6.54 Å². The number of rotatable bonds is 4. The highest BCUT2D eigenvalue weighted by Gasteiger charge is 2.02. The first-order valence-electron chi connectivity index (χ1n) is 6.69. The maximum atomic E-state index is 11.8. The van der Waals surface area contributed by atoms with E-state index >= 15 is 0 Å². The van der Waals surface area contributed by atoms with Crippen LogP contribution in [0.1, 0.15) is 11.1 Å². The molecule has 1 aromatic carbocycles. The highest BCUT2D eigenvalue weighted by Crippen LogP contribution is 2.13. The number of aromatic nitrogens is 2. The predicted molar refractivity (Wildman–Crippen MR) is 81.4 cm³/mol. The average Bonchev–Trinajstić information content (AvgIpc) is 2.45. The number of nitrogens with zero attached hydrogens (tertiary/aromatic N) is 2. The van der Waals surface area contributed by atoms with Gasteiger partial charge in [-0.15, -0.1) is 0 Å². The molecule has 0 aliphatic carbocycles. The fourth-order valence-corrected chi connectivity index (χ4v) is 1.83. The molecule has 0 radical (unpaired) electrons. The molecule has 0 fully saturated rings. The molecule has 1 heterocycles. The smallest absolute Gasteiger partial charge is 0.319 e. The second-order valence-electron chi connectivity index (χ2n) is 4.79. The molecule has 0 atom stereocenters. The first-order valence-corrected chi connectivity index (χ1v) is 6.69. The number of aryl methyl sites for hydroxylation is 2. The Morgan fingerprint density at radius 3 is 2.76 bits per heavy atom. The summed E-state index contributed by atoms with van der Waals surface area (Å²) in [4.78, 5) is 27.1. The zero-order valence-corrected chi connectivity index (χ0v) is 12.1. The van der Waals surface area contributed by atoms with E-state index in [1.165, 1.54) is 28.7 Å². The van der Waals surface area contributed by atoms with E-state index in [0.717, 1.165) is 11.3 Å². The lowest BCUT2D eigenvalue weighted by atomic mass is 10.1. The van der Waals surface area contributed by atoms with Gasteiger partial charge >= 0.3 is 6.03 Å². The molecule has 0 bridgehead atoms. The van der Waals surface area contributed by atoms with Gasteiger partial charge < -0.3 is 10.6 Å². The second-order valence-corrected chi connectivity index (χ2v) is 4.79. The lowest BCUT2D eigenvalue weighted by Crippen LogP contribution is -2.33. The molecule has 110 valence electrons. The quantitative estimate of drug-likeness (QED) is 0.898. The van der Waals surface area contributed by atoms with Crippen molar-refractivity contribution in [1.82, 2.24) is 14.9 Å². The van der Waals surface area contributed by atoms with E-state index in [2.05, 4.69) is 15.6 Å². The summed E-state index contributed by atoms with van der Waals surface area (Å²) in [5.41, 5.74) is 2.90. The number of anilines is 1. The highest BCUT2D eigenvalue weighted by atomic mass is 16.2. The van der Waals surface area contributed by atoms with Gasteiger partial charge in [0.15, 0.2) is 0 Å². The maximum absolute atomic E-state index is 11.8. The molecule has 6 heteroatoms. The van der Waals surface area contributed by atoms with Crippen LogP contribution in [0.3, 0.4) is 0 Å². The van der Waals surface area contributed by atoms with Gasteiger partial charge in [0.1, 0.15) is 0 Å². The molecular formula is C15H18N4O2. The summed E-state index contributed by atoms with van der Waals surface area (Å²) in [7, 11) is 0. The Hall–Kier alpha value is -2.63. The SMILES string of the molecule is Cc1ccc(NC(=O)NCCn2cnccc2=O)cc1C. The summed E-state index contributed by atoms with van der Waals surface area (Å²) < 4.78 is 1.44. The molecule has 0 spiro atoms. The van der Waals surface area contributed by atoms with Crippen LogP contribution in [0.2, 0.25) is 0 Å². The number of nitrogens with one attached hydrogen (secondary N) is 2. The molecular weight excluding hydrogens is 268 g/mol. The van der Waals surface area contributed by atoms with Gasteiger partial charge in [0.05, 0.1) is 6.33 Å². The van der Waals surface area contributed by atoms with Crippen LogP contribution >= 0.6 is 0 Å². The van der Waals surface area contributed by atoms with Gasteiger partial charge in [0.25, 0.3) is 5.56 Å². The van der Waals surface area contributed by atoms with E-state index in [4.69, 9.17) is 0 Å². The van der Waals surface area contributed by atoms with Crippen molar-refractivity contribution in [2.75, 3.05) is 11.9 Å². The number of hydrogen-bond donors (Lipinski definition) is 2. The monoisotopic (exact) mass is 286 g/mol. The van der Waals surface area contributed by atoms with Crippen LogP contribution in [0.4, 0.5) is 10.5 Å². The molecule has 0 saturated heterocycles. The molecule has 2 rings (SSSR count). The van der Waals surface area contributed by atoms with Crippen LogP contribution in [0.25, 0.3) is 0 Å². The Balaban J connectivity index is 1.84. The summed E-state index contributed by atoms with van der Waals surface area (Å²) >= 11 is 0. The first kappa shape index (κ1) is 14.8. The van der Waals surface area contributed by atoms with Crippen molar-refractivity contribution in [3.8, 4) is 0 Å². The van der Waals surface area contributed by atoms with Gasteiger partial charge in [0.2, 0.25) is 0 Å². The molecule has 1 aromatic heterocycles. The van der Waals surface area contributed by atoms with Crippen LogP contribution in [0.5, 0.6) is 0 Å². The summed E-state index contributed by atoms with van der Waals surface area (Å²) in [6.07, 6.45) is 2.89. The number of carbonyl (C=O) groups excluding carboxylic acids is 1. The number of amides is 2. The minimum absolute atomic E-state index is 0.138. The summed E-state index contributed by atoms with van der Waals surface area (Å²) in [5, 5.41) is 5.46. The maximum Gasteiger partial charge on any atom is 0.319 e. The van der Waals surface area contributed by atoms with Crippen molar-refractivity contribution in [2.45, 2.75) is 20.4 Å². The van der Waals surface area contributed by atoms with Gasteiger partial charge in [-0.05, 0) is 37.1 Å². The Kier molecular flexibility index (Phi) is 4.71. The third-order valence-corrected chi connectivity index (χ3v) is 3.20. The van der Waals surface area contributed by atoms with Crippen LogP contribution < -0.4 is 16.2 Å². The van der Waals surface area contributed by atoms with Crippen molar-refractivity contribution in [3.05, 3.63) is 58.3 Å². The molecule has 2 aromatic rings. The van der Waals surface area contributed by atoms with E-state index in [1.807, 2.05) is 32.0 Å². The van der Waals surface area contributed by atoms with E-state index in [0.29, 0.717) is 13.1 Å². The van der Waals surface area contributed by atoms with Gasteiger partial charge in [-0.1, -0.05) is 6.07 Å². The number of hydrogen-bond acceptors (Lipinski definition) is 3. The Morgan fingerprint density at radius 1 is 1.24 bits per heavy atom. The van der Waals surface area contributed by atoms with Crippen molar-refractivity contribution in [3.63, 3.8) is 0 Å². The van der Waals surface area contributed by atoms with Crippen LogP contribution in [0, 0.1) is 13.8 Å². The molecule has 21 heavy (non-hydrogen) atoms. The van der Waals surface area contributed by atoms with Gasteiger partial charge in [0, 0.05) is 31.0 Å². The van der Waals surface area contributed by atoms with E-state index in [-0.39, 0.29) is 11.6 Å². The largest absolute Gasteiger partial charge is 0.336 e. The minimum atomic E-state index is -0.296. The zero-order valence-electron chi connectivity index (χ0n) is 12.1. The molecule has 6 nitrogen and oxygen atoms in total. The third kappa shape index (κ3) is 4.17. The Bertz CT molecular complexity index is 694. The lowest BCUT2D eigenvalue weighted by molar-refractivity contribution is 0.251. The minimum Gasteiger partial charge on any atom is -0.336 e. The normalized spacial score (nSPS) is 10.2. The zero-order chi connectivity index (χ0) is 15.2. The average molecular weight is 286 g/mol. The number of benzene rings is 1. The van der Waals surface area contributed by atoms with Crippen molar-refractivity contribution in [2.24, 2.45) is 0 Å². The van der Waals surface area contributed by atoms with Crippen molar-refractivity contribution < 1.29 is 4.79 Å². The molecule has 0 aliphatic rings. The third-order valence-electron chi connectivity index (χ3n) is 3.20. The Morgan fingerprint density at radius 2 is 2.05 bits per heavy atom. The number of carbonyl (C=O) groups is 1. The first-order chi connectivity index (χ1) is 10.1. The van der Waals surface area contributed by atoms with E-state index < -0.39 is 0 Å². The van der Waals surface area contributed by atoms with E-state index in [1.54, 1.807) is 0 Å². The summed E-state index contributed by atoms with van der Waals surface area (Å²) in [6, 6.07) is 6.82. The summed E-state index contributed by atoms with van der Waals surface area (Å²) in [6.45, 7) is 4.74. The second kappa shape index (κ2) is 6.69. The number of urea groups is 1. The molecule has 0 unspecified atom stereocenters. The molecule has 0 saturated carbocycles. The van der Waals surface area contributed by atoms with Gasteiger partial charge in [-0.25, -0.2) is 9.78 Å². The fourth-order valence-electron chi connectivity index (χ4n) is 1.83. The molecule has 0 aliphatic heterocycles. The summed E-state index contributed by atoms with van der Waals surface area (Å²) in [5.74, 6) is 0. The topological polar surface area (TPSA) is 76.0 Å². The Labute approximate surface area is 122 Å². The van der Waals surface area contributed by atoms with E-state index in [9.17, 15) is 9.59 Å². The van der Waals surface area contributed by atoms with Gasteiger partial charge in [-0.2, -0.15) is 0 Å². The van der Waals surface area contributed by atoms with Crippen molar-refractivity contribution >= 4 is 11.7 Å². The van der Waals surface area contributed by atoms with Crippen LogP contribution in [0.15, 0.2) is 41.6 Å². The standard InChI is InChI=1S/C15H18N4O2/c1-11-3-4-13(9-12(11)2)18-15(21)17-7-8-19-10-16-6-5-14(19)20/h3-6,9-10H,7-8H2,1-2H3,(H2,17,18,21). The van der Waals surface area contributed by atoms with Crippen LogP contribution in [-0.4, -0.2) is 22.1 Å². The van der Waals surface area contributed by atoms with Gasteiger partial charge in [-0.3, -0.25) is 9.36 Å². The predicted octanol–water partition coefficient (Wildman–Crippen LogP) is 1.68.